The number of carbonyl (C=O) groups excluding carboxylic acids is 1. The quantitative estimate of drug-likeness (QED) is 0.899. The first-order valence-electron chi connectivity index (χ1n) is 9.04. The summed E-state index contributed by atoms with van der Waals surface area (Å²) in [6.45, 7) is 1.33. The van der Waals surface area contributed by atoms with Crippen LogP contribution in [0.4, 0.5) is 4.79 Å². The molecule has 1 saturated heterocycles. The Bertz CT molecular complexity index is 716. The molecule has 2 N–H and O–H groups in total. The molecule has 1 aromatic carbocycles. The van der Waals surface area contributed by atoms with E-state index in [0.717, 1.165) is 43.5 Å². The predicted molar refractivity (Wildman–Crippen MR) is 94.4 cm³/mol. The number of carbonyl (C=O) groups is 1. The maximum atomic E-state index is 12.3. The first-order valence-corrected chi connectivity index (χ1v) is 9.04. The van der Waals surface area contributed by atoms with Gasteiger partial charge in [-0.1, -0.05) is 12.1 Å². The van der Waals surface area contributed by atoms with Crippen molar-refractivity contribution in [2.45, 2.75) is 44.4 Å². The van der Waals surface area contributed by atoms with Crippen molar-refractivity contribution in [2.24, 2.45) is 5.92 Å². The van der Waals surface area contributed by atoms with Crippen LogP contribution in [0.1, 0.15) is 31.2 Å². The fourth-order valence-electron chi connectivity index (χ4n) is 3.99. The van der Waals surface area contributed by atoms with Crippen molar-refractivity contribution in [3.05, 3.63) is 48.3 Å². The first kappa shape index (κ1) is 16.1. The van der Waals surface area contributed by atoms with Gasteiger partial charge < -0.3 is 15.4 Å². The number of ether oxygens (including phenoxy) is 1. The normalized spacial score (nSPS) is 25.4. The molecule has 6 heteroatoms. The zero-order valence-electron chi connectivity index (χ0n) is 14.2. The highest BCUT2D eigenvalue weighted by Crippen LogP contribution is 2.34. The van der Waals surface area contributed by atoms with E-state index < -0.39 is 0 Å². The smallest absolute Gasteiger partial charge is 0.315 e. The summed E-state index contributed by atoms with van der Waals surface area (Å²) in [6, 6.07) is 10.1. The van der Waals surface area contributed by atoms with Gasteiger partial charge in [-0.25, -0.2) is 9.48 Å². The Kier molecular flexibility index (Phi) is 4.70. The molecule has 2 aliphatic rings. The zero-order valence-corrected chi connectivity index (χ0v) is 14.2. The van der Waals surface area contributed by atoms with Crippen molar-refractivity contribution in [2.75, 3.05) is 6.61 Å². The summed E-state index contributed by atoms with van der Waals surface area (Å²) in [5.41, 5.74) is 2.04. The molecule has 2 amide bonds. The van der Waals surface area contributed by atoms with Crippen LogP contribution in [0.15, 0.2) is 42.7 Å². The van der Waals surface area contributed by atoms with Crippen LogP contribution in [0.25, 0.3) is 5.69 Å². The molecule has 0 radical (unpaired) electrons. The predicted octanol–water partition coefficient (Wildman–Crippen LogP) is 2.63. The summed E-state index contributed by atoms with van der Waals surface area (Å²) in [4.78, 5) is 12.3. The molecule has 0 spiro atoms. The van der Waals surface area contributed by atoms with Gasteiger partial charge in [0.15, 0.2) is 0 Å². The molecule has 2 fully saturated rings. The van der Waals surface area contributed by atoms with E-state index in [9.17, 15) is 4.79 Å². The Morgan fingerprint density at radius 3 is 3.12 bits per heavy atom. The topological polar surface area (TPSA) is 68.2 Å². The van der Waals surface area contributed by atoms with Crippen molar-refractivity contribution in [1.82, 2.24) is 20.4 Å². The second-order valence-electron chi connectivity index (χ2n) is 6.85. The number of aromatic nitrogens is 2. The van der Waals surface area contributed by atoms with Crippen LogP contribution in [0.2, 0.25) is 0 Å². The number of amides is 2. The fraction of sp³-hybridized carbons (Fsp3) is 0.474. The molecule has 3 atom stereocenters. The Labute approximate surface area is 147 Å². The van der Waals surface area contributed by atoms with E-state index in [0.29, 0.717) is 18.6 Å². The number of hydrogen-bond donors (Lipinski definition) is 2. The Morgan fingerprint density at radius 2 is 2.24 bits per heavy atom. The van der Waals surface area contributed by atoms with Gasteiger partial charge >= 0.3 is 6.03 Å². The number of hydrogen-bond acceptors (Lipinski definition) is 3. The third-order valence-electron chi connectivity index (χ3n) is 5.23. The lowest BCUT2D eigenvalue weighted by Gasteiger charge is -2.33. The standard InChI is InChI=1S/C19H24N4O2/c24-19(22-17-6-2-7-18-16(17)8-11-25-18)20-13-14-4-1-5-15(12-14)23-10-3-9-21-23/h1,3-5,9-10,12,16-18H,2,6-8,11,13H2,(H2,20,22,24)/t16-,17+,18+/m0/s1. The van der Waals surface area contributed by atoms with E-state index >= 15 is 0 Å². The summed E-state index contributed by atoms with van der Waals surface area (Å²) in [5, 5.41) is 10.4. The molecule has 1 aromatic heterocycles. The molecule has 4 rings (SSSR count). The Balaban J connectivity index is 1.32. The molecule has 25 heavy (non-hydrogen) atoms. The lowest BCUT2D eigenvalue weighted by molar-refractivity contribution is 0.0549. The monoisotopic (exact) mass is 340 g/mol. The van der Waals surface area contributed by atoms with Gasteiger partial charge in [-0.2, -0.15) is 5.10 Å². The van der Waals surface area contributed by atoms with Crippen LogP contribution in [-0.4, -0.2) is 34.6 Å². The SMILES string of the molecule is O=C(NCc1cccc(-n2cccn2)c1)N[C@@H]1CCC[C@H]2OCC[C@@H]12. The third kappa shape index (κ3) is 3.69. The largest absolute Gasteiger partial charge is 0.378 e. The van der Waals surface area contributed by atoms with Gasteiger partial charge in [0.1, 0.15) is 0 Å². The van der Waals surface area contributed by atoms with E-state index in [1.807, 2.05) is 41.2 Å². The van der Waals surface area contributed by atoms with Crippen LogP contribution >= 0.6 is 0 Å². The van der Waals surface area contributed by atoms with Crippen molar-refractivity contribution >= 4 is 6.03 Å². The van der Waals surface area contributed by atoms with Crippen LogP contribution in [0.3, 0.4) is 0 Å². The molecule has 1 aliphatic carbocycles. The van der Waals surface area contributed by atoms with E-state index in [1.165, 1.54) is 0 Å². The van der Waals surface area contributed by atoms with Crippen molar-refractivity contribution in [1.29, 1.82) is 0 Å². The molecule has 1 aliphatic heterocycles. The average Bonchev–Trinajstić information content (AvgIpc) is 3.32. The summed E-state index contributed by atoms with van der Waals surface area (Å²) >= 11 is 0. The molecule has 0 unspecified atom stereocenters. The van der Waals surface area contributed by atoms with Crippen LogP contribution in [0, 0.1) is 5.92 Å². The van der Waals surface area contributed by atoms with E-state index in [4.69, 9.17) is 4.74 Å². The van der Waals surface area contributed by atoms with Gasteiger partial charge in [-0.15, -0.1) is 0 Å². The minimum absolute atomic E-state index is 0.0953. The summed E-state index contributed by atoms with van der Waals surface area (Å²) in [7, 11) is 0. The second kappa shape index (κ2) is 7.27. The second-order valence-corrected chi connectivity index (χ2v) is 6.85. The van der Waals surface area contributed by atoms with Gasteiger partial charge in [-0.05, 0) is 49.4 Å². The Morgan fingerprint density at radius 1 is 1.28 bits per heavy atom. The highest BCUT2D eigenvalue weighted by molar-refractivity contribution is 5.74. The fourth-order valence-corrected chi connectivity index (χ4v) is 3.99. The van der Waals surface area contributed by atoms with Gasteiger partial charge in [0, 0.05) is 37.5 Å². The lowest BCUT2D eigenvalue weighted by atomic mass is 9.82. The average molecular weight is 340 g/mol. The molecular formula is C19H24N4O2. The highest BCUT2D eigenvalue weighted by Gasteiger charge is 2.38. The number of nitrogens with one attached hydrogen (secondary N) is 2. The maximum absolute atomic E-state index is 12.3. The van der Waals surface area contributed by atoms with Crippen LogP contribution < -0.4 is 10.6 Å². The molecular weight excluding hydrogens is 316 g/mol. The van der Waals surface area contributed by atoms with Crippen LogP contribution in [0.5, 0.6) is 0 Å². The number of rotatable bonds is 4. The first-order chi connectivity index (χ1) is 12.3. The highest BCUT2D eigenvalue weighted by atomic mass is 16.5. The van der Waals surface area contributed by atoms with Gasteiger partial charge in [0.2, 0.25) is 0 Å². The minimum Gasteiger partial charge on any atom is -0.378 e. The number of urea groups is 1. The third-order valence-corrected chi connectivity index (χ3v) is 5.23. The molecule has 0 bridgehead atoms. The molecule has 132 valence electrons. The zero-order chi connectivity index (χ0) is 17.1. The molecule has 2 aromatic rings. The maximum Gasteiger partial charge on any atom is 0.315 e. The molecule has 6 nitrogen and oxygen atoms in total. The van der Waals surface area contributed by atoms with E-state index in [2.05, 4.69) is 15.7 Å². The summed E-state index contributed by atoms with van der Waals surface area (Å²) in [6.07, 6.45) is 8.35. The van der Waals surface area contributed by atoms with Gasteiger partial charge in [-0.3, -0.25) is 0 Å². The van der Waals surface area contributed by atoms with E-state index in [1.54, 1.807) is 6.20 Å². The van der Waals surface area contributed by atoms with Gasteiger partial charge in [0.25, 0.3) is 0 Å². The molecule has 1 saturated carbocycles. The van der Waals surface area contributed by atoms with Crippen molar-refractivity contribution < 1.29 is 9.53 Å². The number of benzene rings is 1. The lowest BCUT2D eigenvalue weighted by Crippen LogP contribution is -2.49. The van der Waals surface area contributed by atoms with Crippen LogP contribution in [-0.2, 0) is 11.3 Å². The van der Waals surface area contributed by atoms with Gasteiger partial charge in [0.05, 0.1) is 11.8 Å². The minimum atomic E-state index is -0.0953. The molecule has 2 heterocycles. The number of fused-ring (bicyclic) bond motifs is 1. The number of nitrogens with zero attached hydrogens (tertiary/aromatic N) is 2. The van der Waals surface area contributed by atoms with Crippen molar-refractivity contribution in [3.63, 3.8) is 0 Å². The summed E-state index contributed by atoms with van der Waals surface area (Å²) in [5.74, 6) is 0.475. The Hall–Kier alpha value is -2.34. The van der Waals surface area contributed by atoms with Crippen molar-refractivity contribution in [3.8, 4) is 5.69 Å². The summed E-state index contributed by atoms with van der Waals surface area (Å²) < 4.78 is 7.58. The van der Waals surface area contributed by atoms with E-state index in [-0.39, 0.29) is 12.1 Å².